The molecule has 1 saturated heterocycles. The molecule has 1 atom stereocenters. The molecule has 2 aromatic carbocycles. The van der Waals surface area contributed by atoms with E-state index in [-0.39, 0.29) is 11.3 Å². The Bertz CT molecular complexity index is 1090. The molecule has 6 heteroatoms. The van der Waals surface area contributed by atoms with Crippen molar-refractivity contribution in [2.45, 2.75) is 59.9 Å². The predicted molar refractivity (Wildman–Crippen MR) is 144 cm³/mol. The molecule has 1 aliphatic heterocycles. The maximum absolute atomic E-state index is 13.3. The minimum atomic E-state index is -0.641. The highest BCUT2D eigenvalue weighted by Crippen LogP contribution is 2.39. The van der Waals surface area contributed by atoms with Gasteiger partial charge < -0.3 is 19.6 Å². The Kier molecular flexibility index (Phi) is 9.71. The molecule has 1 aliphatic rings. The number of Topliss-reactive ketones (excluding diaryl/α,β-unsaturated/α-hetero) is 1. The fraction of sp³-hybridized carbons (Fsp3) is 0.467. The summed E-state index contributed by atoms with van der Waals surface area (Å²) in [5, 5.41) is 11.4. The molecule has 0 bridgehead atoms. The largest absolute Gasteiger partial charge is 0.507 e. The van der Waals surface area contributed by atoms with Crippen molar-refractivity contribution in [2.75, 3.05) is 32.8 Å². The molecule has 3 rings (SSSR count). The quantitative estimate of drug-likeness (QED) is 0.183. The van der Waals surface area contributed by atoms with Crippen LogP contribution >= 0.6 is 0 Å². The Morgan fingerprint density at radius 1 is 1.03 bits per heavy atom. The lowest BCUT2D eigenvalue weighted by atomic mass is 9.94. The summed E-state index contributed by atoms with van der Waals surface area (Å²) >= 11 is 0. The number of unbranched alkanes of at least 4 members (excludes halogenated alkanes) is 1. The molecule has 1 heterocycles. The minimum absolute atomic E-state index is 0.142. The highest BCUT2D eigenvalue weighted by atomic mass is 16.5. The topological polar surface area (TPSA) is 70.1 Å². The summed E-state index contributed by atoms with van der Waals surface area (Å²) in [6.07, 6.45) is 2.91. The number of benzene rings is 2. The molecule has 0 aromatic heterocycles. The lowest BCUT2D eigenvalue weighted by Crippen LogP contribution is -2.38. The van der Waals surface area contributed by atoms with Gasteiger partial charge in [0.1, 0.15) is 11.5 Å². The maximum Gasteiger partial charge on any atom is 0.295 e. The molecule has 1 N–H and O–H groups in total. The summed E-state index contributed by atoms with van der Waals surface area (Å²) in [5.41, 5.74) is 3.52. The zero-order valence-corrected chi connectivity index (χ0v) is 22.3. The van der Waals surface area contributed by atoms with Crippen molar-refractivity contribution in [3.8, 4) is 5.75 Å². The van der Waals surface area contributed by atoms with Gasteiger partial charge in [-0.25, -0.2) is 0 Å². The Morgan fingerprint density at radius 2 is 1.72 bits per heavy atom. The van der Waals surface area contributed by atoms with E-state index >= 15 is 0 Å². The van der Waals surface area contributed by atoms with Crippen molar-refractivity contribution in [1.29, 1.82) is 0 Å². The zero-order valence-electron chi connectivity index (χ0n) is 22.3. The summed E-state index contributed by atoms with van der Waals surface area (Å²) in [5.74, 6) is -0.597. The van der Waals surface area contributed by atoms with E-state index < -0.39 is 17.7 Å². The Hall–Kier alpha value is -3.12. The highest BCUT2D eigenvalue weighted by molar-refractivity contribution is 6.46. The number of nitrogens with zero attached hydrogens (tertiary/aromatic N) is 2. The van der Waals surface area contributed by atoms with Gasteiger partial charge in [-0.1, -0.05) is 58.4 Å². The predicted octanol–water partition coefficient (Wildman–Crippen LogP) is 5.50. The summed E-state index contributed by atoms with van der Waals surface area (Å²) < 4.78 is 5.85. The number of rotatable bonds is 12. The van der Waals surface area contributed by atoms with Gasteiger partial charge in [0.15, 0.2) is 0 Å². The molecule has 0 saturated carbocycles. The van der Waals surface area contributed by atoms with Gasteiger partial charge in [0, 0.05) is 18.7 Å². The van der Waals surface area contributed by atoms with Crippen LogP contribution in [0.5, 0.6) is 5.75 Å². The molecule has 0 radical (unpaired) electrons. The third-order valence-electron chi connectivity index (χ3n) is 7.00. The number of hydrogen-bond acceptors (Lipinski definition) is 5. The second-order valence-corrected chi connectivity index (χ2v) is 9.30. The van der Waals surface area contributed by atoms with E-state index in [0.29, 0.717) is 25.3 Å². The van der Waals surface area contributed by atoms with Gasteiger partial charge in [0.05, 0.1) is 18.2 Å². The Morgan fingerprint density at radius 3 is 2.31 bits per heavy atom. The fourth-order valence-corrected chi connectivity index (χ4v) is 4.62. The zero-order chi connectivity index (χ0) is 26.2. The number of carbonyl (C=O) groups is 2. The SMILES string of the molecule is CCCCOc1ccc(/C(O)=C2\C(=O)C(=O)N(CCN(CC)CC)C2c2ccc(CC)cc2)cc1C. The summed E-state index contributed by atoms with van der Waals surface area (Å²) in [6.45, 7) is 13.7. The average molecular weight is 493 g/mol. The minimum Gasteiger partial charge on any atom is -0.507 e. The Balaban J connectivity index is 2.04. The van der Waals surface area contributed by atoms with Gasteiger partial charge in [-0.15, -0.1) is 0 Å². The van der Waals surface area contributed by atoms with E-state index in [4.69, 9.17) is 4.74 Å². The Labute approximate surface area is 215 Å². The van der Waals surface area contributed by atoms with E-state index in [1.165, 1.54) is 5.56 Å². The van der Waals surface area contributed by atoms with Crippen LogP contribution in [0, 0.1) is 6.92 Å². The summed E-state index contributed by atoms with van der Waals surface area (Å²) in [7, 11) is 0. The van der Waals surface area contributed by atoms with Crippen molar-refractivity contribution < 1.29 is 19.4 Å². The van der Waals surface area contributed by atoms with Crippen molar-refractivity contribution in [1.82, 2.24) is 9.80 Å². The average Bonchev–Trinajstić information content (AvgIpc) is 3.15. The highest BCUT2D eigenvalue weighted by Gasteiger charge is 2.46. The molecule has 6 nitrogen and oxygen atoms in total. The normalized spacial score (nSPS) is 17.3. The number of likely N-dealkylation sites (tertiary alicyclic amines) is 1. The smallest absolute Gasteiger partial charge is 0.295 e. The van der Waals surface area contributed by atoms with Crippen LogP contribution < -0.4 is 4.74 Å². The van der Waals surface area contributed by atoms with E-state index in [1.54, 1.807) is 11.0 Å². The summed E-state index contributed by atoms with van der Waals surface area (Å²) in [4.78, 5) is 30.3. The number of likely N-dealkylation sites (N-methyl/N-ethyl adjacent to an activating group) is 1. The van der Waals surface area contributed by atoms with Gasteiger partial charge in [-0.3, -0.25) is 9.59 Å². The second kappa shape index (κ2) is 12.7. The van der Waals surface area contributed by atoms with Crippen molar-refractivity contribution in [2.24, 2.45) is 0 Å². The number of aliphatic hydroxyl groups is 1. The number of amides is 1. The first-order chi connectivity index (χ1) is 17.4. The number of carbonyl (C=O) groups excluding carboxylic acids is 2. The molecule has 1 unspecified atom stereocenters. The molecule has 36 heavy (non-hydrogen) atoms. The fourth-order valence-electron chi connectivity index (χ4n) is 4.62. The van der Waals surface area contributed by atoms with Gasteiger partial charge in [-0.05, 0) is 67.7 Å². The third kappa shape index (κ3) is 5.98. The van der Waals surface area contributed by atoms with Crippen LogP contribution in [0.3, 0.4) is 0 Å². The molecular weight excluding hydrogens is 452 g/mol. The van der Waals surface area contributed by atoms with Crippen LogP contribution in [0.15, 0.2) is 48.0 Å². The molecular formula is C30H40N2O4. The van der Waals surface area contributed by atoms with E-state index in [1.807, 2.05) is 43.3 Å². The van der Waals surface area contributed by atoms with Gasteiger partial charge in [0.25, 0.3) is 11.7 Å². The molecule has 0 spiro atoms. The van der Waals surface area contributed by atoms with Crippen LogP contribution in [0.4, 0.5) is 0 Å². The van der Waals surface area contributed by atoms with Crippen LogP contribution in [0.1, 0.15) is 68.8 Å². The van der Waals surface area contributed by atoms with E-state index in [0.717, 1.165) is 49.2 Å². The van der Waals surface area contributed by atoms with Crippen LogP contribution in [0.2, 0.25) is 0 Å². The third-order valence-corrected chi connectivity index (χ3v) is 7.00. The van der Waals surface area contributed by atoms with Crippen LogP contribution in [0.25, 0.3) is 5.76 Å². The van der Waals surface area contributed by atoms with Gasteiger partial charge in [-0.2, -0.15) is 0 Å². The lowest BCUT2D eigenvalue weighted by molar-refractivity contribution is -0.140. The molecule has 2 aromatic rings. The van der Waals surface area contributed by atoms with Gasteiger partial charge in [0.2, 0.25) is 0 Å². The van der Waals surface area contributed by atoms with Gasteiger partial charge >= 0.3 is 0 Å². The molecule has 1 amide bonds. The first kappa shape index (κ1) is 27.5. The van der Waals surface area contributed by atoms with Crippen molar-refractivity contribution in [3.05, 3.63) is 70.3 Å². The van der Waals surface area contributed by atoms with Crippen LogP contribution in [-0.2, 0) is 16.0 Å². The number of aliphatic hydroxyl groups excluding tert-OH is 1. The summed E-state index contributed by atoms with van der Waals surface area (Å²) in [6, 6.07) is 12.7. The molecule has 1 fully saturated rings. The number of ether oxygens (including phenoxy) is 1. The molecule has 0 aliphatic carbocycles. The van der Waals surface area contributed by atoms with Crippen molar-refractivity contribution in [3.63, 3.8) is 0 Å². The standard InChI is InChI=1S/C30H40N2O4/c1-6-10-19-36-25-16-15-24(20-21(25)5)28(33)26-27(23-13-11-22(7-2)12-14-23)32(30(35)29(26)34)18-17-31(8-3)9-4/h11-16,20,27,33H,6-10,17-19H2,1-5H3/b28-26+. The lowest BCUT2D eigenvalue weighted by Gasteiger charge is -2.28. The first-order valence-electron chi connectivity index (χ1n) is 13.2. The monoisotopic (exact) mass is 492 g/mol. The first-order valence-corrected chi connectivity index (χ1v) is 13.2. The number of aryl methyl sites for hydroxylation is 2. The van der Waals surface area contributed by atoms with E-state index in [2.05, 4.69) is 32.6 Å². The molecule has 194 valence electrons. The van der Waals surface area contributed by atoms with Crippen molar-refractivity contribution >= 4 is 17.4 Å². The number of ketones is 1. The maximum atomic E-state index is 13.3. The second-order valence-electron chi connectivity index (χ2n) is 9.30. The number of hydrogen-bond donors (Lipinski definition) is 1. The van der Waals surface area contributed by atoms with Crippen LogP contribution in [-0.4, -0.2) is 59.4 Å². The van der Waals surface area contributed by atoms with E-state index in [9.17, 15) is 14.7 Å².